The molecule has 1 N–H and O–H groups in total. The molecule has 0 aliphatic rings. The maximum Gasteiger partial charge on any atom is 0.338 e. The minimum absolute atomic E-state index is 0.220. The van der Waals surface area contributed by atoms with Gasteiger partial charge < -0.3 is 10.1 Å². The number of esters is 1. The van der Waals surface area contributed by atoms with E-state index in [9.17, 15) is 9.59 Å². The highest BCUT2D eigenvalue weighted by Crippen LogP contribution is 2.24. The van der Waals surface area contributed by atoms with E-state index in [0.29, 0.717) is 10.7 Å². The molecule has 0 heterocycles. The zero-order valence-corrected chi connectivity index (χ0v) is 12.4. The first kappa shape index (κ1) is 15.1. The van der Waals surface area contributed by atoms with Crippen molar-refractivity contribution < 1.29 is 14.3 Å². The molecule has 2 rings (SSSR count). The van der Waals surface area contributed by atoms with Gasteiger partial charge in [0, 0.05) is 10.7 Å². The summed E-state index contributed by atoms with van der Waals surface area (Å²) >= 11 is 6.02. The molecule has 0 saturated carbocycles. The maximum absolute atomic E-state index is 12.4. The number of hydrogen-bond donors (Lipinski definition) is 1. The minimum Gasteiger partial charge on any atom is -0.465 e. The van der Waals surface area contributed by atoms with Gasteiger partial charge in [0.2, 0.25) is 0 Å². The lowest BCUT2D eigenvalue weighted by Crippen LogP contribution is -2.17. The van der Waals surface area contributed by atoms with Crippen molar-refractivity contribution in [1.29, 1.82) is 0 Å². The lowest BCUT2D eigenvalue weighted by atomic mass is 10.1. The first-order chi connectivity index (χ1) is 10.0. The van der Waals surface area contributed by atoms with Crippen molar-refractivity contribution in [1.82, 2.24) is 0 Å². The predicted octanol–water partition coefficient (Wildman–Crippen LogP) is 3.69. The molecule has 0 bridgehead atoms. The molecule has 2 aromatic rings. The van der Waals surface area contributed by atoms with Crippen LogP contribution in [0.3, 0.4) is 0 Å². The summed E-state index contributed by atoms with van der Waals surface area (Å²) in [5, 5.41) is 3.32. The second kappa shape index (κ2) is 6.41. The molecular formula is C16H14ClNO3. The average molecular weight is 304 g/mol. The number of methoxy groups -OCH3 is 1. The van der Waals surface area contributed by atoms with Crippen LogP contribution in [0.25, 0.3) is 0 Å². The monoisotopic (exact) mass is 303 g/mol. The third kappa shape index (κ3) is 3.23. The van der Waals surface area contributed by atoms with E-state index in [0.717, 1.165) is 5.56 Å². The molecule has 0 aliphatic heterocycles. The SMILES string of the molecule is COC(=O)c1ccccc1C(=O)Nc1cccc(Cl)c1C. The van der Waals surface area contributed by atoms with Crippen molar-refractivity contribution >= 4 is 29.2 Å². The second-order valence-corrected chi connectivity index (χ2v) is 4.81. The number of halogens is 1. The zero-order chi connectivity index (χ0) is 15.4. The van der Waals surface area contributed by atoms with Crippen molar-refractivity contribution in [3.05, 3.63) is 64.2 Å². The van der Waals surface area contributed by atoms with E-state index in [4.69, 9.17) is 11.6 Å². The van der Waals surface area contributed by atoms with E-state index >= 15 is 0 Å². The van der Waals surface area contributed by atoms with Gasteiger partial charge in [-0.1, -0.05) is 29.8 Å². The summed E-state index contributed by atoms with van der Waals surface area (Å²) in [5.41, 5.74) is 1.84. The molecule has 2 aromatic carbocycles. The van der Waals surface area contributed by atoms with Crippen LogP contribution >= 0.6 is 11.6 Å². The van der Waals surface area contributed by atoms with Crippen LogP contribution in [-0.2, 0) is 4.74 Å². The molecule has 0 fully saturated rings. The van der Waals surface area contributed by atoms with Gasteiger partial charge in [0.25, 0.3) is 5.91 Å². The number of nitrogens with one attached hydrogen (secondary N) is 1. The van der Waals surface area contributed by atoms with Gasteiger partial charge in [-0.15, -0.1) is 0 Å². The molecule has 0 saturated heterocycles. The molecule has 0 aromatic heterocycles. The summed E-state index contributed by atoms with van der Waals surface area (Å²) in [6.07, 6.45) is 0. The quantitative estimate of drug-likeness (QED) is 0.880. The summed E-state index contributed by atoms with van der Waals surface area (Å²) in [7, 11) is 1.28. The Labute approximate surface area is 127 Å². The van der Waals surface area contributed by atoms with Gasteiger partial charge >= 0.3 is 5.97 Å². The van der Waals surface area contributed by atoms with Crippen molar-refractivity contribution in [2.45, 2.75) is 6.92 Å². The number of anilines is 1. The van der Waals surface area contributed by atoms with Crippen molar-refractivity contribution in [2.75, 3.05) is 12.4 Å². The molecule has 0 radical (unpaired) electrons. The maximum atomic E-state index is 12.4. The fourth-order valence-electron chi connectivity index (χ4n) is 1.90. The topological polar surface area (TPSA) is 55.4 Å². The Morgan fingerprint density at radius 3 is 2.38 bits per heavy atom. The fraction of sp³-hybridized carbons (Fsp3) is 0.125. The summed E-state index contributed by atoms with van der Waals surface area (Å²) in [6, 6.07) is 11.7. The predicted molar refractivity (Wildman–Crippen MR) is 81.9 cm³/mol. The molecule has 1 amide bonds. The molecular weight excluding hydrogens is 290 g/mol. The van der Waals surface area contributed by atoms with E-state index < -0.39 is 5.97 Å². The van der Waals surface area contributed by atoms with Gasteiger partial charge in [-0.05, 0) is 36.8 Å². The van der Waals surface area contributed by atoms with Crippen LogP contribution in [0, 0.1) is 6.92 Å². The van der Waals surface area contributed by atoms with E-state index in [1.165, 1.54) is 7.11 Å². The van der Waals surface area contributed by atoms with Gasteiger partial charge in [-0.3, -0.25) is 4.79 Å². The average Bonchev–Trinajstić information content (AvgIpc) is 2.51. The van der Waals surface area contributed by atoms with Gasteiger partial charge in [0.15, 0.2) is 0 Å². The lowest BCUT2D eigenvalue weighted by molar-refractivity contribution is 0.0597. The van der Waals surface area contributed by atoms with Gasteiger partial charge in [0.05, 0.1) is 18.2 Å². The van der Waals surface area contributed by atoms with Crippen LogP contribution < -0.4 is 5.32 Å². The molecule has 0 atom stereocenters. The van der Waals surface area contributed by atoms with Gasteiger partial charge in [0.1, 0.15) is 0 Å². The fourth-order valence-corrected chi connectivity index (χ4v) is 2.08. The second-order valence-electron chi connectivity index (χ2n) is 4.40. The molecule has 0 unspecified atom stereocenters. The molecule has 0 aliphatic carbocycles. The highest BCUT2D eigenvalue weighted by atomic mass is 35.5. The zero-order valence-electron chi connectivity index (χ0n) is 11.6. The number of carbonyl (C=O) groups excluding carboxylic acids is 2. The molecule has 5 heteroatoms. The van der Waals surface area contributed by atoms with E-state index in [1.54, 1.807) is 42.5 Å². The smallest absolute Gasteiger partial charge is 0.338 e. The molecule has 21 heavy (non-hydrogen) atoms. The summed E-state index contributed by atoms with van der Waals surface area (Å²) in [4.78, 5) is 24.0. The highest BCUT2D eigenvalue weighted by Gasteiger charge is 2.17. The Bertz CT molecular complexity index is 698. The van der Waals surface area contributed by atoms with Crippen LogP contribution in [0.5, 0.6) is 0 Å². The minimum atomic E-state index is -0.552. The standard InChI is InChI=1S/C16H14ClNO3/c1-10-13(17)8-5-9-14(10)18-15(19)11-6-3-4-7-12(11)16(20)21-2/h3-9H,1-2H3,(H,18,19). The number of carbonyl (C=O) groups is 2. The van der Waals surface area contributed by atoms with E-state index in [1.807, 2.05) is 6.92 Å². The van der Waals surface area contributed by atoms with Crippen LogP contribution in [0.1, 0.15) is 26.3 Å². The Kier molecular flexibility index (Phi) is 4.60. The Hall–Kier alpha value is -2.33. The molecule has 4 nitrogen and oxygen atoms in total. The number of hydrogen-bond acceptors (Lipinski definition) is 3. The van der Waals surface area contributed by atoms with Crippen molar-refractivity contribution in [3.8, 4) is 0 Å². The largest absolute Gasteiger partial charge is 0.465 e. The molecule has 0 spiro atoms. The van der Waals surface area contributed by atoms with Crippen LogP contribution in [0.15, 0.2) is 42.5 Å². The first-order valence-electron chi connectivity index (χ1n) is 6.28. The first-order valence-corrected chi connectivity index (χ1v) is 6.66. The van der Waals surface area contributed by atoms with E-state index in [-0.39, 0.29) is 17.0 Å². The van der Waals surface area contributed by atoms with Crippen LogP contribution in [0.2, 0.25) is 5.02 Å². The Morgan fingerprint density at radius 1 is 1.05 bits per heavy atom. The third-order valence-electron chi connectivity index (χ3n) is 3.09. The number of amides is 1. The summed E-state index contributed by atoms with van der Waals surface area (Å²) < 4.78 is 4.68. The Morgan fingerprint density at radius 2 is 1.71 bits per heavy atom. The third-order valence-corrected chi connectivity index (χ3v) is 3.50. The lowest BCUT2D eigenvalue weighted by Gasteiger charge is -2.11. The normalized spacial score (nSPS) is 10.0. The number of ether oxygens (including phenoxy) is 1. The number of rotatable bonds is 3. The van der Waals surface area contributed by atoms with Gasteiger partial charge in [-0.25, -0.2) is 4.79 Å². The number of benzene rings is 2. The van der Waals surface area contributed by atoms with Crippen LogP contribution in [-0.4, -0.2) is 19.0 Å². The van der Waals surface area contributed by atoms with Crippen LogP contribution in [0.4, 0.5) is 5.69 Å². The van der Waals surface area contributed by atoms with E-state index in [2.05, 4.69) is 10.1 Å². The van der Waals surface area contributed by atoms with Gasteiger partial charge in [-0.2, -0.15) is 0 Å². The van der Waals surface area contributed by atoms with Crippen molar-refractivity contribution in [2.24, 2.45) is 0 Å². The summed E-state index contributed by atoms with van der Waals surface area (Å²) in [5.74, 6) is -0.940. The molecule has 108 valence electrons. The summed E-state index contributed by atoms with van der Waals surface area (Å²) in [6.45, 7) is 1.81. The van der Waals surface area contributed by atoms with Crippen molar-refractivity contribution in [3.63, 3.8) is 0 Å². The Balaban J connectivity index is 2.33. The highest BCUT2D eigenvalue weighted by molar-refractivity contribution is 6.31.